The van der Waals surface area contributed by atoms with Gasteiger partial charge in [0.2, 0.25) is 35.2 Å². The van der Waals surface area contributed by atoms with Gasteiger partial charge in [-0.1, -0.05) is 12.2 Å². The minimum Gasteiger partial charge on any atom is -0.490 e. The molecule has 2 aromatic carbocycles. The summed E-state index contributed by atoms with van der Waals surface area (Å²) in [5.74, 6) is 0.296. The summed E-state index contributed by atoms with van der Waals surface area (Å²) in [7, 11) is 0. The molecule has 8 heterocycles. The lowest BCUT2D eigenvalue weighted by Gasteiger charge is -2.41. The van der Waals surface area contributed by atoms with Gasteiger partial charge in [0.05, 0.1) is 41.1 Å². The van der Waals surface area contributed by atoms with Gasteiger partial charge in [-0.15, -0.1) is 0 Å². The van der Waals surface area contributed by atoms with Crippen LogP contribution in [0.3, 0.4) is 0 Å². The number of nitrogens with zero attached hydrogens (tertiary/aromatic N) is 8. The molecule has 4 aliphatic rings. The maximum Gasteiger partial charge on any atom is 0.298 e. The third-order valence-electron chi connectivity index (χ3n) is 11.1. The molecule has 1 spiro atoms. The maximum atomic E-state index is 13.9. The van der Waals surface area contributed by atoms with E-state index < -0.39 is 29.0 Å². The number of hydrogen-bond donors (Lipinski definition) is 3. The van der Waals surface area contributed by atoms with Crippen LogP contribution < -0.4 is 36.1 Å². The molecule has 4 aromatic heterocycles. The van der Waals surface area contributed by atoms with Gasteiger partial charge in [0.15, 0.2) is 11.8 Å². The SMILES string of the molecule is Cc1nc2c(o1)C(=O)N(c1nc3cc(C(N)=O)cc4c3n1C/C=C/Cn1c(N3CCc5nc(C)oc5C3=O)nc3cc(C(N)=O)cc(c31)OCC1(CNC1)CO4)CC2. The smallest absolute Gasteiger partial charge is 0.298 e. The lowest BCUT2D eigenvalue weighted by atomic mass is 9.83. The number of carbonyl (C=O) groups is 4. The Labute approximate surface area is 328 Å². The summed E-state index contributed by atoms with van der Waals surface area (Å²) in [4.78, 5) is 74.8. The number of carbonyl (C=O) groups excluding carboxylic acids is 4. The molecule has 19 nitrogen and oxygen atoms in total. The number of nitrogens with one attached hydrogen (secondary N) is 1. The number of imidazole rings is 2. The molecular formula is C39H37N11O8. The number of aryl methyl sites for hydroxylation is 2. The number of aromatic nitrogens is 6. The minimum atomic E-state index is -0.667. The van der Waals surface area contributed by atoms with Crippen LogP contribution >= 0.6 is 0 Å². The number of allylic oxidation sites excluding steroid dienone is 2. The first kappa shape index (κ1) is 35.4. The molecule has 1 saturated heterocycles. The second-order valence-corrected chi connectivity index (χ2v) is 15.0. The number of benzene rings is 2. The Hall–Kier alpha value is -7.02. The molecule has 0 aliphatic carbocycles. The van der Waals surface area contributed by atoms with Crippen LogP contribution in [-0.2, 0) is 25.9 Å². The van der Waals surface area contributed by atoms with E-state index in [2.05, 4.69) is 15.3 Å². The van der Waals surface area contributed by atoms with E-state index in [0.29, 0.717) is 94.6 Å². The first-order valence-electron chi connectivity index (χ1n) is 18.8. The number of nitrogens with two attached hydrogens (primary N) is 2. The van der Waals surface area contributed by atoms with E-state index in [1.165, 1.54) is 0 Å². The van der Waals surface area contributed by atoms with E-state index in [1.54, 1.807) is 47.9 Å². The molecule has 0 radical (unpaired) electrons. The highest BCUT2D eigenvalue weighted by atomic mass is 16.5. The van der Waals surface area contributed by atoms with Crippen LogP contribution in [0.15, 0.2) is 45.3 Å². The lowest BCUT2D eigenvalue weighted by Crippen LogP contribution is -2.59. The van der Waals surface area contributed by atoms with Crippen molar-refractivity contribution in [1.29, 1.82) is 0 Å². The Morgan fingerprint density at radius 1 is 0.690 bits per heavy atom. The van der Waals surface area contributed by atoms with Gasteiger partial charge in [0.1, 0.15) is 22.5 Å². The van der Waals surface area contributed by atoms with Crippen molar-refractivity contribution in [3.63, 3.8) is 0 Å². The molecule has 0 saturated carbocycles. The van der Waals surface area contributed by atoms with Crippen LogP contribution in [0.5, 0.6) is 11.5 Å². The summed E-state index contributed by atoms with van der Waals surface area (Å²) in [6, 6.07) is 6.35. The summed E-state index contributed by atoms with van der Waals surface area (Å²) >= 11 is 0. The Morgan fingerprint density at radius 2 is 1.14 bits per heavy atom. The summed E-state index contributed by atoms with van der Waals surface area (Å²) in [6.45, 7) is 5.74. The molecule has 5 N–H and O–H groups in total. The first-order valence-corrected chi connectivity index (χ1v) is 18.8. The molecule has 10 rings (SSSR count). The monoisotopic (exact) mass is 787 g/mol. The van der Waals surface area contributed by atoms with Gasteiger partial charge in [-0.05, 0) is 24.3 Å². The second kappa shape index (κ2) is 13.0. The highest BCUT2D eigenvalue weighted by molar-refractivity contribution is 6.07. The number of amides is 4. The van der Waals surface area contributed by atoms with Gasteiger partial charge in [0, 0.05) is 77.1 Å². The molecule has 19 heteroatoms. The zero-order valence-electron chi connectivity index (χ0n) is 31.5. The summed E-state index contributed by atoms with van der Waals surface area (Å²) in [6.07, 6.45) is 4.69. The fraction of sp³-hybridized carbons (Fsp3) is 0.333. The zero-order chi connectivity index (χ0) is 40.0. The molecule has 0 atom stereocenters. The summed E-state index contributed by atoms with van der Waals surface area (Å²) in [5, 5.41) is 3.32. The van der Waals surface area contributed by atoms with E-state index in [9.17, 15) is 19.2 Å². The van der Waals surface area contributed by atoms with E-state index in [4.69, 9.17) is 39.7 Å². The van der Waals surface area contributed by atoms with E-state index in [-0.39, 0.29) is 62.0 Å². The third-order valence-corrected chi connectivity index (χ3v) is 11.1. The van der Waals surface area contributed by atoms with Gasteiger partial charge >= 0.3 is 0 Å². The van der Waals surface area contributed by atoms with Crippen LogP contribution in [-0.4, -0.2) is 92.1 Å². The van der Waals surface area contributed by atoms with Gasteiger partial charge in [-0.3, -0.25) is 29.0 Å². The van der Waals surface area contributed by atoms with E-state index >= 15 is 0 Å². The van der Waals surface area contributed by atoms with Crippen molar-refractivity contribution in [3.05, 3.63) is 82.2 Å². The molecule has 6 aromatic rings. The first-order chi connectivity index (χ1) is 28.0. The van der Waals surface area contributed by atoms with Gasteiger partial charge in [0.25, 0.3) is 11.8 Å². The maximum absolute atomic E-state index is 13.9. The lowest BCUT2D eigenvalue weighted by molar-refractivity contribution is 0.0321. The number of hydrogen-bond acceptors (Lipinski definition) is 13. The molecule has 1 fully saturated rings. The Bertz CT molecular complexity index is 2600. The zero-order valence-corrected chi connectivity index (χ0v) is 31.5. The van der Waals surface area contributed by atoms with Crippen LogP contribution in [0.4, 0.5) is 11.9 Å². The number of rotatable bonds is 4. The fourth-order valence-electron chi connectivity index (χ4n) is 8.12. The van der Waals surface area contributed by atoms with Crippen molar-refractivity contribution in [2.75, 3.05) is 49.2 Å². The molecular weight excluding hydrogens is 750 g/mol. The fourth-order valence-corrected chi connectivity index (χ4v) is 8.12. The highest BCUT2D eigenvalue weighted by Crippen LogP contribution is 2.38. The number of ether oxygens (including phenoxy) is 2. The number of fused-ring (bicyclic) bond motifs is 2. The topological polar surface area (TPSA) is 245 Å². The van der Waals surface area contributed by atoms with Crippen molar-refractivity contribution < 1.29 is 37.5 Å². The Balaban J connectivity index is 1.13. The molecule has 296 valence electrons. The third kappa shape index (κ3) is 5.59. The Kier molecular flexibility index (Phi) is 7.94. The van der Waals surface area contributed by atoms with Crippen LogP contribution in [0, 0.1) is 19.3 Å². The predicted octanol–water partition coefficient (Wildman–Crippen LogP) is 2.20. The molecule has 0 bridgehead atoms. The molecule has 58 heavy (non-hydrogen) atoms. The quantitative estimate of drug-likeness (QED) is 0.217. The predicted molar refractivity (Wildman–Crippen MR) is 205 cm³/mol. The summed E-state index contributed by atoms with van der Waals surface area (Å²) < 4.78 is 28.4. The van der Waals surface area contributed by atoms with Gasteiger partial charge < -0.3 is 44.2 Å². The van der Waals surface area contributed by atoms with Crippen LogP contribution in [0.1, 0.15) is 65.0 Å². The van der Waals surface area contributed by atoms with E-state index in [0.717, 1.165) is 0 Å². The van der Waals surface area contributed by atoms with Gasteiger partial charge in [-0.25, -0.2) is 19.9 Å². The largest absolute Gasteiger partial charge is 0.490 e. The van der Waals surface area contributed by atoms with E-state index in [1.807, 2.05) is 21.3 Å². The summed E-state index contributed by atoms with van der Waals surface area (Å²) in [5.41, 5.74) is 14.5. The molecule has 4 amide bonds. The molecule has 4 aliphatic heterocycles. The normalized spacial score (nSPS) is 18.2. The Morgan fingerprint density at radius 3 is 1.53 bits per heavy atom. The standard InChI is InChI=1S/C39H37N11O8/c1-19-43-23-5-9-49(35(53)31(23)57-19)37-45-25-11-21(33(40)51)13-27-29(25)47(37)7-3-4-8-48-30-26(46-38(48)50-10-6-24-32(36(50)54)58-20(2)44-24)12-22(34(41)52)14-28(30)56-18-39(17-55-27)15-42-16-39/h3-4,11-14,42H,5-10,15-18H2,1-2H3,(H2,40,51)(H2,41,52)/b4-3+. The van der Waals surface area contributed by atoms with Crippen molar-refractivity contribution >= 4 is 57.6 Å². The van der Waals surface area contributed by atoms with Gasteiger partial charge in [-0.2, -0.15) is 0 Å². The van der Waals surface area contributed by atoms with Crippen molar-refractivity contribution in [1.82, 2.24) is 34.4 Å². The van der Waals surface area contributed by atoms with Crippen molar-refractivity contribution in [3.8, 4) is 11.5 Å². The number of primary amides is 2. The van der Waals surface area contributed by atoms with Crippen LogP contribution in [0.2, 0.25) is 0 Å². The average molecular weight is 788 g/mol. The van der Waals surface area contributed by atoms with Crippen molar-refractivity contribution in [2.24, 2.45) is 16.9 Å². The minimum absolute atomic E-state index is 0.152. The highest BCUT2D eigenvalue weighted by Gasteiger charge is 2.41. The number of anilines is 2. The van der Waals surface area contributed by atoms with Crippen LogP contribution in [0.25, 0.3) is 22.1 Å². The number of oxazole rings is 2. The molecule has 0 unspecified atom stereocenters. The van der Waals surface area contributed by atoms with Crippen molar-refractivity contribution in [2.45, 2.75) is 39.8 Å². The average Bonchev–Trinajstić information content (AvgIpc) is 3.95. The second-order valence-electron chi connectivity index (χ2n) is 15.0.